The van der Waals surface area contributed by atoms with Gasteiger partial charge in [-0.25, -0.2) is 4.79 Å². The molecule has 7 heteroatoms. The maximum atomic E-state index is 11.9. The molecule has 0 saturated carbocycles. The molecule has 24 heavy (non-hydrogen) atoms. The normalized spacial score (nSPS) is 10.1. The average molecular weight is 413 g/mol. The SMILES string of the molecule is CCC(=O)Nc1cccc(OC(=O)COc2ccc(Cl)cc2Br)c1. The van der Waals surface area contributed by atoms with E-state index in [4.69, 9.17) is 21.1 Å². The molecule has 0 bridgehead atoms. The first kappa shape index (κ1) is 18.3. The third-order valence-corrected chi connectivity index (χ3v) is 3.76. The highest BCUT2D eigenvalue weighted by molar-refractivity contribution is 9.10. The number of ether oxygens (including phenoxy) is 2. The predicted molar refractivity (Wildman–Crippen MR) is 95.6 cm³/mol. The molecule has 1 amide bonds. The number of amides is 1. The Morgan fingerprint density at radius 1 is 1.21 bits per heavy atom. The van der Waals surface area contributed by atoms with Gasteiger partial charge < -0.3 is 14.8 Å². The van der Waals surface area contributed by atoms with Gasteiger partial charge in [0.2, 0.25) is 5.91 Å². The van der Waals surface area contributed by atoms with E-state index in [0.717, 1.165) is 0 Å². The molecule has 0 aliphatic rings. The smallest absolute Gasteiger partial charge is 0.349 e. The number of carbonyl (C=O) groups is 2. The number of benzene rings is 2. The minimum atomic E-state index is -0.559. The quantitative estimate of drug-likeness (QED) is 0.563. The molecule has 0 aliphatic heterocycles. The second-order valence-electron chi connectivity index (χ2n) is 4.77. The Labute approximate surface area is 153 Å². The third kappa shape index (κ3) is 5.54. The lowest BCUT2D eigenvalue weighted by Gasteiger charge is -2.09. The van der Waals surface area contributed by atoms with E-state index < -0.39 is 5.97 Å². The van der Waals surface area contributed by atoms with E-state index in [0.29, 0.717) is 33.1 Å². The van der Waals surface area contributed by atoms with Gasteiger partial charge in [0.15, 0.2) is 6.61 Å². The molecule has 5 nitrogen and oxygen atoms in total. The largest absolute Gasteiger partial charge is 0.481 e. The van der Waals surface area contributed by atoms with Crippen LogP contribution < -0.4 is 14.8 Å². The van der Waals surface area contributed by atoms with Crippen LogP contribution in [0.1, 0.15) is 13.3 Å². The maximum Gasteiger partial charge on any atom is 0.349 e. The minimum Gasteiger partial charge on any atom is -0.481 e. The number of hydrogen-bond donors (Lipinski definition) is 1. The van der Waals surface area contributed by atoms with Gasteiger partial charge in [0.05, 0.1) is 4.47 Å². The molecule has 0 heterocycles. The van der Waals surface area contributed by atoms with Crippen LogP contribution in [0.5, 0.6) is 11.5 Å². The van der Waals surface area contributed by atoms with Gasteiger partial charge in [0, 0.05) is 23.2 Å². The van der Waals surface area contributed by atoms with Crippen molar-refractivity contribution in [3.05, 3.63) is 52.0 Å². The van der Waals surface area contributed by atoms with Crippen LogP contribution in [-0.2, 0) is 9.59 Å². The molecule has 0 aliphatic carbocycles. The number of esters is 1. The van der Waals surface area contributed by atoms with Gasteiger partial charge in [-0.2, -0.15) is 0 Å². The molecule has 0 aromatic heterocycles. The van der Waals surface area contributed by atoms with Crippen molar-refractivity contribution in [2.45, 2.75) is 13.3 Å². The highest BCUT2D eigenvalue weighted by atomic mass is 79.9. The molecule has 1 N–H and O–H groups in total. The van der Waals surface area contributed by atoms with Gasteiger partial charge in [-0.1, -0.05) is 24.6 Å². The summed E-state index contributed by atoms with van der Waals surface area (Å²) in [6.45, 7) is 1.50. The van der Waals surface area contributed by atoms with E-state index in [-0.39, 0.29) is 12.5 Å². The van der Waals surface area contributed by atoms with E-state index in [1.165, 1.54) is 0 Å². The van der Waals surface area contributed by atoms with Crippen LogP contribution in [0.2, 0.25) is 5.02 Å². The summed E-state index contributed by atoms with van der Waals surface area (Å²) in [5.74, 6) is 0.137. The summed E-state index contributed by atoms with van der Waals surface area (Å²) in [7, 11) is 0. The number of anilines is 1. The van der Waals surface area contributed by atoms with E-state index in [2.05, 4.69) is 21.2 Å². The molecular formula is C17H15BrClNO4. The highest BCUT2D eigenvalue weighted by Gasteiger charge is 2.09. The van der Waals surface area contributed by atoms with Crippen LogP contribution >= 0.6 is 27.5 Å². The summed E-state index contributed by atoms with van der Waals surface area (Å²) in [4.78, 5) is 23.3. The van der Waals surface area contributed by atoms with Crippen molar-refractivity contribution < 1.29 is 19.1 Å². The molecule has 0 saturated heterocycles. The van der Waals surface area contributed by atoms with Crippen molar-refractivity contribution >= 4 is 45.1 Å². The molecule has 2 rings (SSSR count). The Balaban J connectivity index is 1.92. The van der Waals surface area contributed by atoms with Crippen molar-refractivity contribution in [3.63, 3.8) is 0 Å². The summed E-state index contributed by atoms with van der Waals surface area (Å²) in [6, 6.07) is 11.6. The van der Waals surface area contributed by atoms with E-state index in [9.17, 15) is 9.59 Å². The number of halogens is 2. The van der Waals surface area contributed by atoms with Crippen LogP contribution in [0.25, 0.3) is 0 Å². The lowest BCUT2D eigenvalue weighted by atomic mass is 10.3. The first-order chi connectivity index (χ1) is 11.5. The summed E-state index contributed by atoms with van der Waals surface area (Å²) < 4.78 is 11.2. The van der Waals surface area contributed by atoms with Gasteiger partial charge in [0.25, 0.3) is 0 Å². The van der Waals surface area contributed by atoms with Crippen LogP contribution in [0, 0.1) is 0 Å². The van der Waals surface area contributed by atoms with Crippen molar-refractivity contribution in [1.29, 1.82) is 0 Å². The zero-order valence-corrected chi connectivity index (χ0v) is 15.2. The first-order valence-electron chi connectivity index (χ1n) is 7.16. The minimum absolute atomic E-state index is 0.116. The molecule has 0 spiro atoms. The van der Waals surface area contributed by atoms with E-state index >= 15 is 0 Å². The van der Waals surface area contributed by atoms with Crippen LogP contribution in [0.3, 0.4) is 0 Å². The average Bonchev–Trinajstić information content (AvgIpc) is 2.54. The number of hydrogen-bond acceptors (Lipinski definition) is 4. The second-order valence-corrected chi connectivity index (χ2v) is 6.06. The highest BCUT2D eigenvalue weighted by Crippen LogP contribution is 2.28. The topological polar surface area (TPSA) is 64.6 Å². The van der Waals surface area contributed by atoms with Crippen LogP contribution in [-0.4, -0.2) is 18.5 Å². The van der Waals surface area contributed by atoms with Crippen molar-refractivity contribution in [3.8, 4) is 11.5 Å². The molecule has 0 unspecified atom stereocenters. The standard InChI is InChI=1S/C17H15BrClNO4/c1-2-16(21)20-12-4-3-5-13(9-12)24-17(22)10-23-15-7-6-11(19)8-14(15)18/h3-9H,2,10H2,1H3,(H,20,21). The fraction of sp³-hybridized carbons (Fsp3) is 0.176. The number of rotatable bonds is 6. The Morgan fingerprint density at radius 3 is 2.71 bits per heavy atom. The van der Waals surface area contributed by atoms with Gasteiger partial charge in [0.1, 0.15) is 11.5 Å². The molecule has 0 fully saturated rings. The Morgan fingerprint density at radius 2 is 2.00 bits per heavy atom. The first-order valence-corrected chi connectivity index (χ1v) is 8.33. The molecule has 0 atom stereocenters. The Kier molecular flexibility index (Phi) is 6.63. The van der Waals surface area contributed by atoms with Crippen molar-refractivity contribution in [2.75, 3.05) is 11.9 Å². The summed E-state index contributed by atoms with van der Waals surface area (Å²) in [6.07, 6.45) is 0.369. The summed E-state index contributed by atoms with van der Waals surface area (Å²) in [5.41, 5.74) is 0.563. The fourth-order valence-electron chi connectivity index (χ4n) is 1.78. The van der Waals surface area contributed by atoms with Gasteiger partial charge >= 0.3 is 5.97 Å². The zero-order chi connectivity index (χ0) is 17.5. The maximum absolute atomic E-state index is 11.9. The molecule has 0 radical (unpaired) electrons. The van der Waals surface area contributed by atoms with Gasteiger partial charge in [-0.3, -0.25) is 4.79 Å². The molecular weight excluding hydrogens is 398 g/mol. The van der Waals surface area contributed by atoms with E-state index in [1.807, 2.05) is 0 Å². The number of nitrogens with one attached hydrogen (secondary N) is 1. The lowest BCUT2D eigenvalue weighted by Crippen LogP contribution is -2.18. The molecule has 2 aromatic rings. The number of carbonyl (C=O) groups excluding carboxylic acids is 2. The third-order valence-electron chi connectivity index (χ3n) is 2.91. The zero-order valence-electron chi connectivity index (χ0n) is 12.8. The van der Waals surface area contributed by atoms with Gasteiger partial charge in [-0.15, -0.1) is 0 Å². The Hall–Kier alpha value is -2.05. The Bertz CT molecular complexity index is 751. The van der Waals surface area contributed by atoms with Crippen LogP contribution in [0.4, 0.5) is 5.69 Å². The summed E-state index contributed by atoms with van der Waals surface area (Å²) in [5, 5.41) is 3.25. The van der Waals surface area contributed by atoms with Crippen molar-refractivity contribution in [2.24, 2.45) is 0 Å². The fourth-order valence-corrected chi connectivity index (χ4v) is 2.57. The predicted octanol–water partition coefficient (Wildman–Crippen LogP) is 4.44. The summed E-state index contributed by atoms with van der Waals surface area (Å²) >= 11 is 9.14. The van der Waals surface area contributed by atoms with Crippen molar-refractivity contribution in [1.82, 2.24) is 0 Å². The lowest BCUT2D eigenvalue weighted by molar-refractivity contribution is -0.136. The van der Waals surface area contributed by atoms with Gasteiger partial charge in [-0.05, 0) is 46.3 Å². The molecule has 2 aromatic carbocycles. The second kappa shape index (κ2) is 8.70. The molecule has 126 valence electrons. The van der Waals surface area contributed by atoms with Crippen LogP contribution in [0.15, 0.2) is 46.9 Å². The monoisotopic (exact) mass is 411 g/mol. The van der Waals surface area contributed by atoms with E-state index in [1.54, 1.807) is 49.4 Å².